The van der Waals surface area contributed by atoms with Crippen LogP contribution in [0.2, 0.25) is 0 Å². The fourth-order valence-electron chi connectivity index (χ4n) is 3.27. The number of hydrogen-bond acceptors (Lipinski definition) is 4. The molecule has 0 bridgehead atoms. The van der Waals surface area contributed by atoms with Gasteiger partial charge in [-0.3, -0.25) is 4.99 Å². The van der Waals surface area contributed by atoms with Gasteiger partial charge in [-0.25, -0.2) is 4.98 Å². The van der Waals surface area contributed by atoms with Crippen molar-refractivity contribution in [2.45, 2.75) is 32.1 Å². The lowest BCUT2D eigenvalue weighted by molar-refractivity contribution is -0.154. The van der Waals surface area contributed by atoms with Gasteiger partial charge in [0.05, 0.1) is 0 Å². The molecule has 10 heteroatoms. The molecule has 1 aliphatic heterocycles. The van der Waals surface area contributed by atoms with E-state index in [9.17, 15) is 13.2 Å². The average Bonchev–Trinajstić information content (AvgIpc) is 3.18. The molecule has 6 nitrogen and oxygen atoms in total. The number of hydrogen-bond donors (Lipinski definition) is 2. The number of ether oxygens (including phenoxy) is 1. The second-order valence-electron chi connectivity index (χ2n) is 7.21. The highest BCUT2D eigenvalue weighted by Crippen LogP contribution is 2.21. The first-order chi connectivity index (χ1) is 14.3. The lowest BCUT2D eigenvalue weighted by atomic mass is 10.2. The second-order valence-corrected chi connectivity index (χ2v) is 7.21. The molecule has 31 heavy (non-hydrogen) atoms. The normalized spacial score (nSPS) is 16.6. The molecule has 1 aliphatic rings. The number of benzene rings is 1. The number of rotatable bonds is 6. The van der Waals surface area contributed by atoms with Crippen LogP contribution in [-0.4, -0.2) is 49.9 Å². The Balaban J connectivity index is 0.00000341. The molecule has 2 aromatic rings. The standard InChI is InChI=1S/C21H26F3N5O.HI/c1-15-5-7-18(8-6-15)29-11-9-17(13-29)28-20(25-2)27-12-16-4-3-10-26-19(16)30-14-21(22,23)24;/h3-8,10,17H,9,11-14H2,1-2H3,(H2,25,27,28);1H. The topological polar surface area (TPSA) is 61.8 Å². The van der Waals surface area contributed by atoms with Crippen LogP contribution >= 0.6 is 24.0 Å². The number of alkyl halides is 3. The second kappa shape index (κ2) is 11.4. The van der Waals surface area contributed by atoms with Crippen LogP contribution in [0.4, 0.5) is 18.9 Å². The number of nitrogens with one attached hydrogen (secondary N) is 2. The fourth-order valence-corrected chi connectivity index (χ4v) is 3.27. The summed E-state index contributed by atoms with van der Waals surface area (Å²) in [6.45, 7) is 2.72. The third-order valence-electron chi connectivity index (χ3n) is 4.82. The van der Waals surface area contributed by atoms with E-state index >= 15 is 0 Å². The van der Waals surface area contributed by atoms with Crippen LogP contribution in [0.25, 0.3) is 0 Å². The van der Waals surface area contributed by atoms with Crippen LogP contribution in [0.5, 0.6) is 5.88 Å². The molecular weight excluding hydrogens is 522 g/mol. The molecule has 3 rings (SSSR count). The van der Waals surface area contributed by atoms with E-state index in [4.69, 9.17) is 4.74 Å². The number of aromatic nitrogens is 1. The SMILES string of the molecule is CN=C(NCc1cccnc1OCC(F)(F)F)NC1CCN(c2ccc(C)cc2)C1.I. The van der Waals surface area contributed by atoms with Crippen molar-refractivity contribution in [1.29, 1.82) is 0 Å². The molecule has 1 fully saturated rings. The van der Waals surface area contributed by atoms with Gasteiger partial charge in [0.15, 0.2) is 12.6 Å². The number of nitrogens with zero attached hydrogens (tertiary/aromatic N) is 3. The van der Waals surface area contributed by atoms with E-state index in [1.807, 2.05) is 0 Å². The van der Waals surface area contributed by atoms with Gasteiger partial charge in [0.25, 0.3) is 0 Å². The molecule has 0 spiro atoms. The Morgan fingerprint density at radius 2 is 2.00 bits per heavy atom. The molecule has 1 unspecified atom stereocenters. The third kappa shape index (κ3) is 7.75. The van der Waals surface area contributed by atoms with Crippen molar-refractivity contribution in [2.24, 2.45) is 4.99 Å². The van der Waals surface area contributed by atoms with E-state index in [0.717, 1.165) is 19.5 Å². The number of pyridine rings is 1. The van der Waals surface area contributed by atoms with Crippen LogP contribution < -0.4 is 20.3 Å². The Bertz CT molecular complexity index is 861. The van der Waals surface area contributed by atoms with Crippen molar-refractivity contribution in [3.63, 3.8) is 0 Å². The Morgan fingerprint density at radius 1 is 1.26 bits per heavy atom. The largest absolute Gasteiger partial charge is 0.468 e. The fraction of sp³-hybridized carbons (Fsp3) is 0.429. The van der Waals surface area contributed by atoms with Crippen molar-refractivity contribution in [1.82, 2.24) is 15.6 Å². The Kier molecular flexibility index (Phi) is 9.20. The number of halogens is 4. The first-order valence-corrected chi connectivity index (χ1v) is 9.76. The van der Waals surface area contributed by atoms with Gasteiger partial charge in [-0.05, 0) is 31.5 Å². The smallest absolute Gasteiger partial charge is 0.422 e. The summed E-state index contributed by atoms with van der Waals surface area (Å²) in [4.78, 5) is 10.4. The summed E-state index contributed by atoms with van der Waals surface area (Å²) in [6.07, 6.45) is -2.05. The summed E-state index contributed by atoms with van der Waals surface area (Å²) in [5.41, 5.74) is 2.94. The van der Waals surface area contributed by atoms with Crippen molar-refractivity contribution in [3.8, 4) is 5.88 Å². The highest BCUT2D eigenvalue weighted by atomic mass is 127. The van der Waals surface area contributed by atoms with E-state index in [1.54, 1.807) is 19.2 Å². The predicted molar refractivity (Wildman–Crippen MR) is 126 cm³/mol. The molecule has 0 aliphatic carbocycles. The first kappa shape index (κ1) is 25.0. The van der Waals surface area contributed by atoms with Gasteiger partial charge in [-0.2, -0.15) is 13.2 Å². The van der Waals surface area contributed by atoms with Crippen molar-refractivity contribution in [2.75, 3.05) is 31.6 Å². The van der Waals surface area contributed by atoms with Crippen LogP contribution in [-0.2, 0) is 6.54 Å². The zero-order valence-electron chi connectivity index (χ0n) is 17.4. The Labute approximate surface area is 197 Å². The summed E-state index contributed by atoms with van der Waals surface area (Å²) >= 11 is 0. The molecule has 0 saturated carbocycles. The van der Waals surface area contributed by atoms with E-state index in [0.29, 0.717) is 11.5 Å². The average molecular weight is 549 g/mol. The van der Waals surface area contributed by atoms with Gasteiger partial charge >= 0.3 is 6.18 Å². The van der Waals surface area contributed by atoms with Crippen LogP contribution in [0.3, 0.4) is 0 Å². The van der Waals surface area contributed by atoms with Gasteiger partial charge in [0.1, 0.15) is 0 Å². The molecule has 1 atom stereocenters. The summed E-state index contributed by atoms with van der Waals surface area (Å²) in [5.74, 6) is 0.542. The number of aliphatic imine (C=N–C) groups is 1. The third-order valence-corrected chi connectivity index (χ3v) is 4.82. The van der Waals surface area contributed by atoms with Gasteiger partial charge in [-0.15, -0.1) is 24.0 Å². The Hall–Kier alpha value is -2.24. The highest BCUT2D eigenvalue weighted by molar-refractivity contribution is 14.0. The highest BCUT2D eigenvalue weighted by Gasteiger charge is 2.29. The van der Waals surface area contributed by atoms with E-state index in [2.05, 4.69) is 56.7 Å². The molecule has 2 heterocycles. The predicted octanol–water partition coefficient (Wildman–Crippen LogP) is 3.89. The van der Waals surface area contributed by atoms with Crippen LogP contribution in [0.15, 0.2) is 47.6 Å². The minimum Gasteiger partial charge on any atom is -0.468 e. The zero-order valence-corrected chi connectivity index (χ0v) is 19.8. The maximum Gasteiger partial charge on any atom is 0.422 e. The lowest BCUT2D eigenvalue weighted by Crippen LogP contribution is -2.44. The quantitative estimate of drug-likeness (QED) is 0.326. The van der Waals surface area contributed by atoms with Crippen molar-refractivity contribution < 1.29 is 17.9 Å². The van der Waals surface area contributed by atoms with Gasteiger partial charge in [0.2, 0.25) is 5.88 Å². The van der Waals surface area contributed by atoms with Gasteiger partial charge in [-0.1, -0.05) is 23.8 Å². The summed E-state index contributed by atoms with van der Waals surface area (Å²) in [6, 6.07) is 12.0. The monoisotopic (exact) mass is 549 g/mol. The number of aryl methyl sites for hydroxylation is 1. The maximum absolute atomic E-state index is 12.4. The number of guanidine groups is 1. The van der Waals surface area contributed by atoms with Gasteiger partial charge in [0, 0.05) is 50.2 Å². The molecule has 1 aromatic heterocycles. The van der Waals surface area contributed by atoms with Crippen LogP contribution in [0.1, 0.15) is 17.5 Å². The van der Waals surface area contributed by atoms with E-state index in [1.165, 1.54) is 17.4 Å². The minimum absolute atomic E-state index is 0. The maximum atomic E-state index is 12.4. The van der Waals surface area contributed by atoms with E-state index < -0.39 is 12.8 Å². The molecule has 0 radical (unpaired) electrons. The molecule has 1 aromatic carbocycles. The summed E-state index contributed by atoms with van der Waals surface area (Å²) < 4.78 is 42.2. The zero-order chi connectivity index (χ0) is 21.6. The molecule has 0 amide bonds. The van der Waals surface area contributed by atoms with Crippen molar-refractivity contribution in [3.05, 3.63) is 53.7 Å². The molecule has 2 N–H and O–H groups in total. The van der Waals surface area contributed by atoms with Crippen LogP contribution in [0, 0.1) is 6.92 Å². The molecule has 1 saturated heterocycles. The van der Waals surface area contributed by atoms with Gasteiger partial charge < -0.3 is 20.3 Å². The van der Waals surface area contributed by atoms with E-state index in [-0.39, 0.29) is 42.4 Å². The number of anilines is 1. The molecule has 170 valence electrons. The summed E-state index contributed by atoms with van der Waals surface area (Å²) in [5, 5.41) is 6.51. The molecular formula is C21H27F3IN5O. The lowest BCUT2D eigenvalue weighted by Gasteiger charge is -2.21. The minimum atomic E-state index is -4.41. The summed E-state index contributed by atoms with van der Waals surface area (Å²) in [7, 11) is 1.66. The van der Waals surface area contributed by atoms with Crippen molar-refractivity contribution >= 4 is 35.6 Å². The first-order valence-electron chi connectivity index (χ1n) is 9.76. The Morgan fingerprint density at radius 3 is 2.68 bits per heavy atom.